The van der Waals surface area contributed by atoms with Crippen molar-refractivity contribution in [2.24, 2.45) is 23.3 Å². The van der Waals surface area contributed by atoms with Crippen molar-refractivity contribution in [1.29, 1.82) is 0 Å². The number of hydrogen-bond acceptors (Lipinski definition) is 35. The smallest absolute Gasteiger partial charge is 0.303 e. The minimum Gasteiger partial charge on any atom is -0.508 e. The third-order valence-electron chi connectivity index (χ3n) is 26.5. The first-order valence-electron chi connectivity index (χ1n) is 51.5. The second kappa shape index (κ2) is 64.0. The quantitative estimate of drug-likeness (QED) is 0.0127. The monoisotopic (exact) mass is 2080 g/mol. The first kappa shape index (κ1) is 128. The average Bonchev–Trinajstić information content (AvgIpc) is 1.70. The lowest BCUT2D eigenvalue weighted by Crippen LogP contribution is -2.65. The molecule has 4 aromatic rings. The number of hydrazine groups is 3. The topological polar surface area (TPSA) is 674 Å². The summed E-state index contributed by atoms with van der Waals surface area (Å²) in [5.74, 6) is -15.5. The van der Waals surface area contributed by atoms with Crippen LogP contribution in [0.15, 0.2) is 97.2 Å². The van der Waals surface area contributed by atoms with E-state index < -0.39 is 227 Å². The maximum absolute atomic E-state index is 15.7. The Hall–Kier alpha value is -11.8. The van der Waals surface area contributed by atoms with E-state index >= 15 is 24.0 Å². The fourth-order valence-corrected chi connectivity index (χ4v) is 16.5. The number of allylic oxidation sites excluding steroid dienone is 2. The fraction of sp³-hybridized carbons (Fsp3) is 0.604. The predicted molar refractivity (Wildman–Crippen MR) is 560 cm³/mol. The minimum atomic E-state index is -2.20. The van der Waals surface area contributed by atoms with E-state index in [0.717, 1.165) is 0 Å². The molecule has 0 spiro atoms. The number of aromatic hydroxyl groups is 1. The van der Waals surface area contributed by atoms with Gasteiger partial charge in [0.25, 0.3) is 0 Å². The van der Waals surface area contributed by atoms with E-state index in [2.05, 4.69) is 96.0 Å². The van der Waals surface area contributed by atoms with Gasteiger partial charge in [-0.25, -0.2) is 32.6 Å². The number of carbonyl (C=O) groups excluding carboxylic acids is 19. The van der Waals surface area contributed by atoms with E-state index in [9.17, 15) is 87.2 Å². The van der Waals surface area contributed by atoms with E-state index in [1.807, 2.05) is 26.0 Å². The van der Waals surface area contributed by atoms with Gasteiger partial charge in [0.2, 0.25) is 58.6 Å². The number of amides is 6. The van der Waals surface area contributed by atoms with Gasteiger partial charge in [0, 0.05) is 62.8 Å². The summed E-state index contributed by atoms with van der Waals surface area (Å²) in [4.78, 5) is 282. The highest BCUT2D eigenvalue weighted by atomic mass is 16.4. The van der Waals surface area contributed by atoms with Gasteiger partial charge in [0.1, 0.15) is 35.5 Å². The van der Waals surface area contributed by atoms with Crippen LogP contribution in [0.5, 0.6) is 5.75 Å². The Morgan fingerprint density at radius 2 is 1.11 bits per heavy atom. The third kappa shape index (κ3) is 45.1. The largest absolute Gasteiger partial charge is 0.508 e. The van der Waals surface area contributed by atoms with E-state index in [1.54, 1.807) is 123 Å². The number of ketones is 13. The van der Waals surface area contributed by atoms with Gasteiger partial charge in [-0.2, -0.15) is 0 Å². The Balaban J connectivity index is 1.47. The Kier molecular flexibility index (Phi) is 54.8. The third-order valence-corrected chi connectivity index (χ3v) is 26.5. The molecule has 43 nitrogen and oxygen atoms in total. The number of aliphatic hydroxyl groups excluding tert-OH is 1. The van der Waals surface area contributed by atoms with E-state index in [0.29, 0.717) is 66.1 Å². The molecule has 149 heavy (non-hydrogen) atoms. The maximum atomic E-state index is 15.7. The summed E-state index contributed by atoms with van der Waals surface area (Å²) in [5.41, 5.74) is 25.3. The summed E-state index contributed by atoms with van der Waals surface area (Å²) in [7, 11) is 0. The van der Waals surface area contributed by atoms with Gasteiger partial charge in [-0.15, -0.1) is 0 Å². The van der Waals surface area contributed by atoms with Crippen molar-refractivity contribution in [2.45, 2.75) is 353 Å². The molecule has 5 rings (SSSR count). The number of phenolic OH excluding ortho intramolecular Hbond substituents is 1. The lowest BCUT2D eigenvalue weighted by Gasteiger charge is -2.33. The molecule has 3 aromatic carbocycles. The number of phenols is 1. The first-order chi connectivity index (χ1) is 70.1. The second-order valence-electron chi connectivity index (χ2n) is 40.8. The van der Waals surface area contributed by atoms with Gasteiger partial charge < -0.3 is 79.6 Å². The number of carboxylic acids is 1. The number of carboxylic acid groups (broad SMARTS) is 1. The summed E-state index contributed by atoms with van der Waals surface area (Å²) >= 11 is 0. The standard InChI is InChI=1S/C106H162N20O23/c1-61(2)49-80(117-70(12)128)96(142)98(144)95(69(11)127)126-125-83(51-71-31-25-24-26-32-71)103(149)120-106(16)46-30-23-21-19-17-18-20-22-29-45-105(15,92(138)60-114-64(6)85(131)44-47-109-63(5)84(130)43-48-110-66(8)89(135)58-116-104(13,14)91(137)59-113-67(9)88(134)56-112-68(10)100(108)146)119-102(148)81(50-62(3)4)123-121-77(39-41-93(107)139)90(136)57-111-65(7)86(132)54-87(133)79(53-73-55-115-76-34-28-27-33-75(73)76)122-124-82(52-72-35-37-74(129)38-36-72)101(147)118-78(40-42-94(140)141)97(143)99(106)145/h18,20,24-28,31-38,55,61-69,77-83,95,109-116,121-127,129H,17,19,21-23,29-30,39-54,56-60H2,1-16H3,(H2,107,139)(H2,108,146)(H,117,128)(H,118,147)(H,119,148)(H,120,149)(H,140,141)/t63-,64-,65-,66-,67-,68+,69+,77-,78-,79-,80-,81-,82-,83-,95-,105-,106+/m0/s1. The van der Waals surface area contributed by atoms with Crippen molar-refractivity contribution in [3.8, 4) is 5.75 Å². The van der Waals surface area contributed by atoms with Crippen molar-refractivity contribution in [3.05, 3.63) is 114 Å². The lowest BCUT2D eigenvalue weighted by atomic mass is 9.84. The predicted octanol–water partition coefficient (Wildman–Crippen LogP) is 1.11. The number of rotatable bonds is 53. The molecular formula is C106H162N20O23. The van der Waals surface area contributed by atoms with Gasteiger partial charge in [0.15, 0.2) is 52.0 Å². The lowest BCUT2D eigenvalue weighted by molar-refractivity contribution is -0.145. The Morgan fingerprint density at radius 1 is 0.544 bits per heavy atom. The molecule has 17 atom stereocenters. The molecule has 0 aliphatic carbocycles. The first-order valence-corrected chi connectivity index (χ1v) is 51.5. The van der Waals surface area contributed by atoms with Gasteiger partial charge >= 0.3 is 5.97 Å². The normalized spacial score (nSPS) is 21.5. The zero-order valence-corrected chi connectivity index (χ0v) is 89.0. The van der Waals surface area contributed by atoms with Gasteiger partial charge in [0.05, 0.1) is 117 Å². The van der Waals surface area contributed by atoms with Crippen molar-refractivity contribution in [3.63, 3.8) is 0 Å². The van der Waals surface area contributed by atoms with Crippen LogP contribution in [-0.4, -0.2) is 290 Å². The van der Waals surface area contributed by atoms with Gasteiger partial charge in [-0.3, -0.25) is 107 Å². The molecule has 0 radical (unpaired) electrons. The number of para-hydroxylation sites is 1. The van der Waals surface area contributed by atoms with Crippen LogP contribution in [0.4, 0.5) is 0 Å². The van der Waals surface area contributed by atoms with Gasteiger partial charge in [-0.05, 0) is 206 Å². The zero-order valence-electron chi connectivity index (χ0n) is 89.0. The van der Waals surface area contributed by atoms with Crippen molar-refractivity contribution < 1.29 is 111 Å². The molecule has 824 valence electrons. The Labute approximate surface area is 872 Å². The minimum absolute atomic E-state index is 0.0114. The number of Topliss-reactive ketones (excluding diaryl/α,β-unsaturated/α-hetero) is 13. The number of aliphatic hydroxyl groups is 1. The summed E-state index contributed by atoms with van der Waals surface area (Å²) in [5, 5.41) is 63.9. The highest BCUT2D eigenvalue weighted by Gasteiger charge is 2.46. The molecule has 1 aromatic heterocycles. The van der Waals surface area contributed by atoms with Crippen LogP contribution < -0.4 is 103 Å². The molecule has 0 saturated carbocycles. The number of fused-ring (bicyclic) bond motifs is 1. The molecule has 25 N–H and O–H groups in total. The highest BCUT2D eigenvalue weighted by molar-refractivity contribution is 6.43. The number of aromatic amines is 1. The Bertz CT molecular complexity index is 5220. The number of nitrogens with one attached hydrogen (secondary N) is 18. The molecule has 6 amide bonds. The SMILES string of the molecule is CC(=O)N[C@@H](CC(C)C)C(=O)C(=O)[C@@H](NN[C@@H](Cc1ccccc1)C(=O)N[C@]1(C)CCCCCCC=CCCC[C@@](C)(C(=O)CN[C@@H](C)C(=O)CCN[C@@H](C)C(=O)CCN[C@@H](C)C(=O)CNC(C)(C)C(=O)CN[C@@H](C)C(=O)CN[C@H](C)C(N)=O)NC(=O)[C@H](CC(C)C)NN[C@@H](CCC(N)=O)C(=O)CN[C@@H](C)C(=O)CC(=O)[C@H](Cc2c[nH]c3ccccc23)NN[C@@H](Cc2ccc(O)cc2)C(=O)N[C@@H](CCC(=O)O)C(=O)C1=O)[C@@H](C)O. The molecule has 1 aliphatic rings. The van der Waals surface area contributed by atoms with Gasteiger partial charge in [-0.1, -0.05) is 120 Å². The maximum Gasteiger partial charge on any atom is 0.303 e. The number of primary amides is 2. The van der Waals surface area contributed by atoms with Crippen LogP contribution >= 0.6 is 0 Å². The average molecular weight is 2080 g/mol. The van der Waals surface area contributed by atoms with E-state index in [-0.39, 0.29) is 156 Å². The summed E-state index contributed by atoms with van der Waals surface area (Å²) in [6.45, 7) is 23.7. The van der Waals surface area contributed by atoms with Crippen LogP contribution in [0.1, 0.15) is 243 Å². The van der Waals surface area contributed by atoms with Crippen molar-refractivity contribution >= 4 is 127 Å². The summed E-state index contributed by atoms with van der Waals surface area (Å²) < 4.78 is 0. The van der Waals surface area contributed by atoms with E-state index in [4.69, 9.17) is 11.5 Å². The molecule has 0 saturated heterocycles. The van der Waals surface area contributed by atoms with E-state index in [1.165, 1.54) is 58.9 Å². The van der Waals surface area contributed by atoms with Crippen molar-refractivity contribution in [1.82, 2.24) is 96.0 Å². The summed E-state index contributed by atoms with van der Waals surface area (Å²) in [6.07, 6.45) is 3.11. The molecule has 0 fully saturated rings. The number of benzene rings is 3. The number of nitrogens with two attached hydrogens (primary N) is 2. The molecular weight excluding hydrogens is 1920 g/mol. The van der Waals surface area contributed by atoms with Crippen LogP contribution in [-0.2, 0) is 115 Å². The molecule has 1 aliphatic heterocycles. The number of aromatic nitrogens is 1. The highest BCUT2D eigenvalue weighted by Crippen LogP contribution is 2.26. The molecule has 2 heterocycles. The second-order valence-corrected chi connectivity index (χ2v) is 40.8. The number of hydrogen-bond donors (Lipinski definition) is 23. The van der Waals surface area contributed by atoms with Crippen LogP contribution in [0.3, 0.4) is 0 Å². The number of carbonyl (C=O) groups is 20. The van der Waals surface area contributed by atoms with Crippen molar-refractivity contribution in [2.75, 3.05) is 45.8 Å². The molecule has 0 bridgehead atoms. The number of H-pyrrole nitrogens is 1. The molecule has 0 unspecified atom stereocenters. The van der Waals surface area contributed by atoms with Crippen LogP contribution in [0.25, 0.3) is 10.9 Å². The Morgan fingerprint density at radius 3 is 1.73 bits per heavy atom. The summed E-state index contributed by atoms with van der Waals surface area (Å²) in [6, 6.07) is 4.37. The number of aliphatic carboxylic acids is 1. The van der Waals surface area contributed by atoms with Crippen LogP contribution in [0.2, 0.25) is 0 Å². The van der Waals surface area contributed by atoms with Crippen LogP contribution in [0, 0.1) is 11.8 Å². The molecule has 43 heteroatoms. The fourth-order valence-electron chi connectivity index (χ4n) is 16.5. The zero-order chi connectivity index (χ0) is 111.